The lowest BCUT2D eigenvalue weighted by atomic mass is 9.74. The molecule has 0 amide bonds. The molecule has 2 aromatic carbocycles. The van der Waals surface area contributed by atoms with Gasteiger partial charge < -0.3 is 14.2 Å². The molecule has 0 radical (unpaired) electrons. The van der Waals surface area contributed by atoms with Crippen molar-refractivity contribution in [2.45, 2.75) is 26.9 Å². The highest BCUT2D eigenvalue weighted by Gasteiger charge is 2.43. The molecule has 0 aliphatic carbocycles. The number of methoxy groups -OCH3 is 2. The number of carbonyl (C=O) groups is 1. The van der Waals surface area contributed by atoms with Gasteiger partial charge in [-0.3, -0.25) is 0 Å². The smallest absolute Gasteiger partial charge is 0.337 e. The average Bonchev–Trinajstić information content (AvgIpc) is 2.94. The van der Waals surface area contributed by atoms with Crippen LogP contribution in [0.4, 0.5) is 4.39 Å². The number of hydrogen-bond donors (Lipinski definition) is 0. The zero-order chi connectivity index (χ0) is 19.8. The topological polar surface area (TPSA) is 44.8 Å². The molecule has 2 unspecified atom stereocenters. The molecule has 1 aliphatic heterocycles. The van der Waals surface area contributed by atoms with Gasteiger partial charge in [0, 0.05) is 5.56 Å². The molecule has 2 aromatic rings. The summed E-state index contributed by atoms with van der Waals surface area (Å²) in [5.41, 5.74) is 2.13. The molecule has 1 saturated heterocycles. The van der Waals surface area contributed by atoms with Crippen LogP contribution in [0, 0.1) is 17.2 Å². The van der Waals surface area contributed by atoms with Gasteiger partial charge >= 0.3 is 5.97 Å². The van der Waals surface area contributed by atoms with Gasteiger partial charge in [0.15, 0.2) is 0 Å². The van der Waals surface area contributed by atoms with Crippen LogP contribution in [-0.4, -0.2) is 26.8 Å². The fourth-order valence-electron chi connectivity index (χ4n) is 3.53. The summed E-state index contributed by atoms with van der Waals surface area (Å²) in [7, 11) is 2.89. The van der Waals surface area contributed by atoms with E-state index in [-0.39, 0.29) is 17.3 Å². The van der Waals surface area contributed by atoms with E-state index in [9.17, 15) is 9.18 Å². The predicted octanol–water partition coefficient (Wildman–Crippen LogP) is 5.02. The van der Waals surface area contributed by atoms with Crippen LogP contribution in [0.5, 0.6) is 5.75 Å². The van der Waals surface area contributed by atoms with Gasteiger partial charge in [-0.1, -0.05) is 26.8 Å². The molecular weight excluding hydrogens is 347 g/mol. The minimum atomic E-state index is -0.433. The molecule has 1 aliphatic rings. The molecule has 3 rings (SSSR count). The van der Waals surface area contributed by atoms with Crippen LogP contribution in [0.25, 0.3) is 11.1 Å². The summed E-state index contributed by atoms with van der Waals surface area (Å²) in [5.74, 6) is 0.103. The molecular formula is C22H25FO4. The van der Waals surface area contributed by atoms with Crippen molar-refractivity contribution in [2.75, 3.05) is 20.8 Å². The van der Waals surface area contributed by atoms with E-state index in [4.69, 9.17) is 14.2 Å². The normalized spacial score (nSPS) is 21.1. The van der Waals surface area contributed by atoms with Gasteiger partial charge in [0.05, 0.1) is 32.5 Å². The van der Waals surface area contributed by atoms with Crippen molar-refractivity contribution in [3.63, 3.8) is 0 Å². The van der Waals surface area contributed by atoms with E-state index in [0.29, 0.717) is 35.0 Å². The van der Waals surface area contributed by atoms with Crippen LogP contribution in [-0.2, 0) is 9.47 Å². The third kappa shape index (κ3) is 3.44. The van der Waals surface area contributed by atoms with Gasteiger partial charge in [0.25, 0.3) is 0 Å². The first kappa shape index (κ1) is 19.4. The zero-order valence-electron chi connectivity index (χ0n) is 16.3. The van der Waals surface area contributed by atoms with Crippen LogP contribution >= 0.6 is 0 Å². The Hall–Kier alpha value is -2.40. The fraction of sp³-hybridized carbons (Fsp3) is 0.409. The van der Waals surface area contributed by atoms with Crippen LogP contribution < -0.4 is 4.74 Å². The van der Waals surface area contributed by atoms with Gasteiger partial charge in [-0.2, -0.15) is 0 Å². The Kier molecular flexibility index (Phi) is 5.24. The van der Waals surface area contributed by atoms with Crippen molar-refractivity contribution in [1.29, 1.82) is 0 Å². The van der Waals surface area contributed by atoms with Gasteiger partial charge in [0.2, 0.25) is 0 Å². The van der Waals surface area contributed by atoms with Crippen LogP contribution in [0.2, 0.25) is 0 Å². The van der Waals surface area contributed by atoms with E-state index in [2.05, 4.69) is 20.8 Å². The summed E-state index contributed by atoms with van der Waals surface area (Å²) >= 11 is 0. The van der Waals surface area contributed by atoms with E-state index in [1.807, 2.05) is 0 Å². The lowest BCUT2D eigenvalue weighted by Gasteiger charge is -2.31. The standard InChI is InChI=1S/C22H25FO4/c1-13-12-27-20(22(13,2)3)18-10-14(21(24)26-5)6-8-16(18)17-11-15(25-4)7-9-19(17)23/h6-11,13,20H,12H2,1-5H3. The number of benzene rings is 2. The van der Waals surface area contributed by atoms with E-state index in [1.54, 1.807) is 37.4 Å². The van der Waals surface area contributed by atoms with E-state index < -0.39 is 5.97 Å². The summed E-state index contributed by atoms with van der Waals surface area (Å²) in [6.07, 6.45) is -0.266. The van der Waals surface area contributed by atoms with Crippen LogP contribution in [0.3, 0.4) is 0 Å². The molecule has 1 heterocycles. The zero-order valence-corrected chi connectivity index (χ0v) is 16.3. The Morgan fingerprint density at radius 3 is 2.48 bits per heavy atom. The lowest BCUT2D eigenvalue weighted by molar-refractivity contribution is 0.0589. The van der Waals surface area contributed by atoms with Crippen molar-refractivity contribution in [3.8, 4) is 16.9 Å². The maximum Gasteiger partial charge on any atom is 0.337 e. The second-order valence-electron chi connectivity index (χ2n) is 7.58. The Bertz CT molecular complexity index is 859. The molecule has 27 heavy (non-hydrogen) atoms. The van der Waals surface area contributed by atoms with E-state index in [0.717, 1.165) is 5.56 Å². The summed E-state index contributed by atoms with van der Waals surface area (Å²) in [6.45, 7) is 7.01. The average molecular weight is 372 g/mol. The minimum absolute atomic E-state index is 0.168. The second kappa shape index (κ2) is 7.31. The van der Waals surface area contributed by atoms with Gasteiger partial charge in [-0.05, 0) is 52.8 Å². The highest BCUT2D eigenvalue weighted by atomic mass is 19.1. The third-order valence-corrected chi connectivity index (χ3v) is 5.68. The number of hydrogen-bond acceptors (Lipinski definition) is 4. The molecule has 1 fully saturated rings. The monoisotopic (exact) mass is 372 g/mol. The largest absolute Gasteiger partial charge is 0.497 e. The minimum Gasteiger partial charge on any atom is -0.497 e. The number of ether oxygens (including phenoxy) is 3. The lowest BCUT2D eigenvalue weighted by Crippen LogP contribution is -2.23. The van der Waals surface area contributed by atoms with Crippen molar-refractivity contribution in [2.24, 2.45) is 11.3 Å². The number of carbonyl (C=O) groups excluding carboxylic acids is 1. The van der Waals surface area contributed by atoms with Crippen molar-refractivity contribution in [3.05, 3.63) is 53.3 Å². The first-order valence-electron chi connectivity index (χ1n) is 8.97. The Morgan fingerprint density at radius 1 is 1.15 bits per heavy atom. The van der Waals surface area contributed by atoms with E-state index in [1.165, 1.54) is 13.2 Å². The predicted molar refractivity (Wildman–Crippen MR) is 101 cm³/mol. The Morgan fingerprint density at radius 2 is 1.89 bits per heavy atom. The highest BCUT2D eigenvalue weighted by Crippen LogP contribution is 2.50. The molecule has 0 saturated carbocycles. The molecule has 2 atom stereocenters. The Labute approximate surface area is 159 Å². The SMILES string of the molecule is COC(=O)c1ccc(-c2cc(OC)ccc2F)c(C2OCC(C)C2(C)C)c1. The maximum absolute atomic E-state index is 14.7. The summed E-state index contributed by atoms with van der Waals surface area (Å²) in [5, 5.41) is 0. The number of esters is 1. The molecule has 5 heteroatoms. The molecule has 0 aromatic heterocycles. The van der Waals surface area contributed by atoms with Crippen LogP contribution in [0.15, 0.2) is 36.4 Å². The first-order valence-corrected chi connectivity index (χ1v) is 8.97. The van der Waals surface area contributed by atoms with E-state index >= 15 is 0 Å². The number of halogens is 1. The Balaban J connectivity index is 2.21. The molecule has 0 spiro atoms. The molecule has 0 N–H and O–H groups in total. The fourth-order valence-corrected chi connectivity index (χ4v) is 3.53. The quantitative estimate of drug-likeness (QED) is 0.707. The van der Waals surface area contributed by atoms with Crippen molar-refractivity contribution >= 4 is 5.97 Å². The highest BCUT2D eigenvalue weighted by molar-refractivity contribution is 5.90. The summed E-state index contributed by atoms with van der Waals surface area (Å²) < 4.78 is 30.9. The summed E-state index contributed by atoms with van der Waals surface area (Å²) in [4.78, 5) is 12.1. The van der Waals surface area contributed by atoms with Gasteiger partial charge in [0.1, 0.15) is 11.6 Å². The molecule has 144 valence electrons. The third-order valence-electron chi connectivity index (χ3n) is 5.68. The molecule has 0 bridgehead atoms. The summed E-state index contributed by atoms with van der Waals surface area (Å²) in [6, 6.07) is 9.79. The van der Waals surface area contributed by atoms with Gasteiger partial charge in [-0.25, -0.2) is 9.18 Å². The maximum atomic E-state index is 14.7. The first-order chi connectivity index (χ1) is 12.8. The van der Waals surface area contributed by atoms with Crippen molar-refractivity contribution < 1.29 is 23.4 Å². The number of rotatable bonds is 4. The van der Waals surface area contributed by atoms with Gasteiger partial charge in [-0.15, -0.1) is 0 Å². The molecule has 4 nitrogen and oxygen atoms in total. The van der Waals surface area contributed by atoms with Crippen LogP contribution in [0.1, 0.15) is 42.8 Å². The second-order valence-corrected chi connectivity index (χ2v) is 7.58. The van der Waals surface area contributed by atoms with Crippen molar-refractivity contribution in [1.82, 2.24) is 0 Å².